The van der Waals surface area contributed by atoms with Crippen LogP contribution < -0.4 is 4.74 Å². The van der Waals surface area contributed by atoms with Crippen molar-refractivity contribution in [1.29, 1.82) is 0 Å². The Labute approximate surface area is 218 Å². The van der Waals surface area contributed by atoms with E-state index in [9.17, 15) is 26.3 Å². The maximum absolute atomic E-state index is 10.6. The van der Waals surface area contributed by atoms with Gasteiger partial charge in [-0.3, -0.25) is 9.88 Å². The lowest BCUT2D eigenvalue weighted by atomic mass is 9.73. The van der Waals surface area contributed by atoms with Crippen molar-refractivity contribution in [2.45, 2.75) is 51.2 Å². The third kappa shape index (κ3) is 10.4. The molecule has 2 unspecified atom stereocenters. The number of aryl methyl sites for hydroxylation is 1. The van der Waals surface area contributed by atoms with Gasteiger partial charge in [-0.25, -0.2) is 9.59 Å². The molecule has 218 valence electrons. The highest BCUT2D eigenvalue weighted by atomic mass is 19.4. The van der Waals surface area contributed by atoms with Crippen molar-refractivity contribution < 1.29 is 60.1 Å². The normalized spacial score (nSPS) is 21.4. The molecule has 2 fully saturated rings. The number of aromatic nitrogens is 2. The average molecular weight is 571 g/mol. The molecule has 0 saturated carbocycles. The molecule has 2 aliphatic rings. The fourth-order valence-corrected chi connectivity index (χ4v) is 4.11. The van der Waals surface area contributed by atoms with Gasteiger partial charge in [0.15, 0.2) is 0 Å². The van der Waals surface area contributed by atoms with E-state index < -0.39 is 24.3 Å². The van der Waals surface area contributed by atoms with Crippen LogP contribution in [-0.4, -0.2) is 82.0 Å². The average Bonchev–Trinajstić information content (AvgIpc) is 3.27. The van der Waals surface area contributed by atoms with Crippen LogP contribution in [-0.2, 0) is 20.9 Å². The van der Waals surface area contributed by atoms with Crippen LogP contribution in [0.5, 0.6) is 5.75 Å². The molecule has 2 aromatic rings. The number of likely N-dealkylation sites (tertiary alicyclic amines) is 1. The number of halogens is 6. The standard InChI is InChI=1S/C19H25N3O3.2C2HF3O2/c1-15-10-16(21-25-15)12-22-8-5-18-19(13-22,6-3-9-23-18)14-24-17-4-2-7-20-11-17;2*3-2(4,5)1(6)7/h2,4,7,10-11,18H,3,5-6,8-9,12-14H2,1H3;2*(H,6,7). The van der Waals surface area contributed by atoms with E-state index in [1.54, 1.807) is 12.4 Å². The van der Waals surface area contributed by atoms with Crippen LogP contribution in [0, 0.1) is 12.3 Å². The van der Waals surface area contributed by atoms with Crippen molar-refractivity contribution in [1.82, 2.24) is 15.0 Å². The molecule has 39 heavy (non-hydrogen) atoms. The molecule has 0 radical (unpaired) electrons. The summed E-state index contributed by atoms with van der Waals surface area (Å²) in [7, 11) is 0. The van der Waals surface area contributed by atoms with Crippen molar-refractivity contribution in [3.8, 4) is 5.75 Å². The highest BCUT2D eigenvalue weighted by Gasteiger charge is 2.46. The first kappa shape index (κ1) is 31.8. The van der Waals surface area contributed by atoms with Gasteiger partial charge in [-0.2, -0.15) is 26.3 Å². The maximum atomic E-state index is 10.6. The van der Waals surface area contributed by atoms with Crippen LogP contribution in [0.1, 0.15) is 30.7 Å². The first-order valence-electron chi connectivity index (χ1n) is 11.5. The van der Waals surface area contributed by atoms with E-state index in [0.29, 0.717) is 6.61 Å². The molecule has 2 atom stereocenters. The second-order valence-electron chi connectivity index (χ2n) is 8.84. The number of aliphatic carboxylic acids is 2. The van der Waals surface area contributed by atoms with Crippen molar-refractivity contribution in [3.05, 3.63) is 42.0 Å². The highest BCUT2D eigenvalue weighted by Crippen LogP contribution is 2.41. The Bertz CT molecular complexity index is 1040. The lowest BCUT2D eigenvalue weighted by Crippen LogP contribution is -2.57. The Kier molecular flexibility index (Phi) is 11.1. The summed E-state index contributed by atoms with van der Waals surface area (Å²) in [6.07, 6.45) is -3.11. The molecule has 0 aromatic carbocycles. The number of alkyl halides is 6. The molecule has 0 amide bonds. The molecule has 0 spiro atoms. The zero-order chi connectivity index (χ0) is 29.3. The number of fused-ring (bicyclic) bond motifs is 1. The summed E-state index contributed by atoms with van der Waals surface area (Å²) in [6.45, 7) is 6.26. The fraction of sp³-hybridized carbons (Fsp3) is 0.565. The lowest BCUT2D eigenvalue weighted by Gasteiger charge is -2.50. The minimum absolute atomic E-state index is 0.0329. The zero-order valence-electron chi connectivity index (χ0n) is 20.7. The van der Waals surface area contributed by atoms with E-state index in [-0.39, 0.29) is 11.5 Å². The van der Waals surface area contributed by atoms with Gasteiger partial charge in [0.05, 0.1) is 24.6 Å². The third-order valence-electron chi connectivity index (χ3n) is 5.78. The van der Waals surface area contributed by atoms with Gasteiger partial charge in [0.25, 0.3) is 0 Å². The van der Waals surface area contributed by atoms with Crippen LogP contribution in [0.3, 0.4) is 0 Å². The molecule has 4 rings (SSSR count). The Morgan fingerprint density at radius 3 is 2.33 bits per heavy atom. The molecule has 16 heteroatoms. The van der Waals surface area contributed by atoms with Crippen molar-refractivity contribution in [2.75, 3.05) is 26.3 Å². The maximum Gasteiger partial charge on any atom is 0.490 e. The van der Waals surface area contributed by atoms with E-state index >= 15 is 0 Å². The second kappa shape index (κ2) is 13.6. The third-order valence-corrected chi connectivity index (χ3v) is 5.78. The van der Waals surface area contributed by atoms with Crippen LogP contribution in [0.4, 0.5) is 26.3 Å². The van der Waals surface area contributed by atoms with E-state index in [1.807, 2.05) is 25.1 Å². The number of piperidine rings is 1. The van der Waals surface area contributed by atoms with Gasteiger partial charge in [-0.15, -0.1) is 0 Å². The molecule has 2 N–H and O–H groups in total. The molecule has 2 saturated heterocycles. The highest BCUT2D eigenvalue weighted by molar-refractivity contribution is 5.73. The van der Waals surface area contributed by atoms with Gasteiger partial charge >= 0.3 is 24.3 Å². The number of rotatable bonds is 5. The molecule has 2 aromatic heterocycles. The van der Waals surface area contributed by atoms with Gasteiger partial charge < -0.3 is 24.2 Å². The van der Waals surface area contributed by atoms with E-state index in [4.69, 9.17) is 33.8 Å². The van der Waals surface area contributed by atoms with E-state index in [0.717, 1.165) is 62.7 Å². The number of carboxylic acid groups (broad SMARTS) is 2. The Morgan fingerprint density at radius 2 is 1.82 bits per heavy atom. The number of carboxylic acids is 2. The predicted molar refractivity (Wildman–Crippen MR) is 120 cm³/mol. The molecule has 10 nitrogen and oxygen atoms in total. The number of ether oxygens (including phenoxy) is 2. The Hall–Kier alpha value is -3.40. The minimum Gasteiger partial charge on any atom is -0.491 e. The van der Waals surface area contributed by atoms with Gasteiger partial charge in [-0.05, 0) is 38.3 Å². The van der Waals surface area contributed by atoms with Crippen LogP contribution in [0.2, 0.25) is 0 Å². The quantitative estimate of drug-likeness (QED) is 0.505. The van der Waals surface area contributed by atoms with Crippen molar-refractivity contribution in [2.24, 2.45) is 5.41 Å². The fourth-order valence-electron chi connectivity index (χ4n) is 4.11. The first-order chi connectivity index (χ1) is 18.1. The molecular formula is C23H27F6N3O7. The van der Waals surface area contributed by atoms with Crippen molar-refractivity contribution >= 4 is 11.9 Å². The summed E-state index contributed by atoms with van der Waals surface area (Å²) in [5.74, 6) is -3.83. The largest absolute Gasteiger partial charge is 0.491 e. The number of hydrogen-bond donors (Lipinski definition) is 2. The summed E-state index contributed by atoms with van der Waals surface area (Å²) in [5, 5.41) is 18.4. The molecule has 2 aliphatic heterocycles. The number of nitrogens with zero attached hydrogens (tertiary/aromatic N) is 3. The SMILES string of the molecule is Cc1cc(CN2CCC3OCCCC3(COc3cccnc3)C2)no1.O=C(O)C(F)(F)F.O=C(O)C(F)(F)F. The molecule has 0 aliphatic carbocycles. The monoisotopic (exact) mass is 571 g/mol. The van der Waals surface area contributed by atoms with Gasteiger partial charge in [0.2, 0.25) is 0 Å². The van der Waals surface area contributed by atoms with Gasteiger partial charge in [0, 0.05) is 43.9 Å². The Balaban J connectivity index is 0.000000317. The van der Waals surface area contributed by atoms with E-state index in [2.05, 4.69) is 15.0 Å². The summed E-state index contributed by atoms with van der Waals surface area (Å²) in [4.78, 5) is 24.4. The van der Waals surface area contributed by atoms with E-state index in [1.165, 1.54) is 0 Å². The summed E-state index contributed by atoms with van der Waals surface area (Å²) in [5.41, 5.74) is 1.03. The Morgan fingerprint density at radius 1 is 1.18 bits per heavy atom. The van der Waals surface area contributed by atoms with Crippen molar-refractivity contribution in [3.63, 3.8) is 0 Å². The number of hydrogen-bond acceptors (Lipinski definition) is 8. The van der Waals surface area contributed by atoms with Crippen LogP contribution in [0.15, 0.2) is 35.1 Å². The zero-order valence-corrected chi connectivity index (χ0v) is 20.7. The lowest BCUT2D eigenvalue weighted by molar-refractivity contribution is -0.193. The van der Waals surface area contributed by atoms with Gasteiger partial charge in [0.1, 0.15) is 11.5 Å². The summed E-state index contributed by atoms with van der Waals surface area (Å²) < 4.78 is 80.9. The van der Waals surface area contributed by atoms with Gasteiger partial charge in [-0.1, -0.05) is 5.16 Å². The molecule has 0 bridgehead atoms. The topological polar surface area (TPSA) is 135 Å². The smallest absolute Gasteiger partial charge is 0.490 e. The van der Waals surface area contributed by atoms with Crippen LogP contribution >= 0.6 is 0 Å². The minimum atomic E-state index is -5.08. The summed E-state index contributed by atoms with van der Waals surface area (Å²) in [6, 6.07) is 5.88. The van der Waals surface area contributed by atoms with Crippen LogP contribution in [0.25, 0.3) is 0 Å². The molecular weight excluding hydrogens is 544 g/mol. The number of carbonyl (C=O) groups is 2. The number of pyridine rings is 1. The second-order valence-corrected chi connectivity index (χ2v) is 8.84. The predicted octanol–water partition coefficient (Wildman–Crippen LogP) is 4.09. The first-order valence-corrected chi connectivity index (χ1v) is 11.5. The summed E-state index contributed by atoms with van der Waals surface area (Å²) >= 11 is 0. The molecule has 4 heterocycles.